The third kappa shape index (κ3) is 4.30. The van der Waals surface area contributed by atoms with Crippen LogP contribution in [0, 0.1) is 11.3 Å². The summed E-state index contributed by atoms with van der Waals surface area (Å²) >= 11 is 0. The molecule has 0 atom stereocenters. The quantitative estimate of drug-likeness (QED) is 0.588. The fraction of sp³-hybridized carbons (Fsp3) is 0.190. The van der Waals surface area contributed by atoms with Gasteiger partial charge in [0.2, 0.25) is 0 Å². The van der Waals surface area contributed by atoms with Crippen molar-refractivity contribution in [3.05, 3.63) is 59.8 Å². The number of anilines is 2. The molecule has 0 saturated heterocycles. The summed E-state index contributed by atoms with van der Waals surface area (Å²) in [5.74, 6) is 0.710. The number of methoxy groups -OCH3 is 1. The van der Waals surface area contributed by atoms with E-state index < -0.39 is 6.03 Å². The number of nitriles is 1. The molecular weight excluding hydrogens is 354 g/mol. The molecule has 2 aromatic carbocycles. The van der Waals surface area contributed by atoms with Gasteiger partial charge in [-0.15, -0.1) is 0 Å². The molecule has 0 radical (unpaired) electrons. The van der Waals surface area contributed by atoms with Crippen molar-refractivity contribution >= 4 is 17.4 Å². The molecule has 1 heterocycles. The van der Waals surface area contributed by atoms with Crippen LogP contribution >= 0.6 is 0 Å². The fourth-order valence-corrected chi connectivity index (χ4v) is 2.87. The molecule has 1 aromatic heterocycles. The van der Waals surface area contributed by atoms with Crippen LogP contribution in [0.5, 0.6) is 5.75 Å². The van der Waals surface area contributed by atoms with Crippen LogP contribution in [0.4, 0.5) is 16.2 Å². The van der Waals surface area contributed by atoms with Gasteiger partial charge in [0.15, 0.2) is 0 Å². The van der Waals surface area contributed by atoms with Crippen molar-refractivity contribution in [3.8, 4) is 23.1 Å². The number of hydrogen-bond acceptors (Lipinski definition) is 4. The standard InChI is InChI=1S/C21H21N5O2/c1-3-6-18-20(19(26-25-18)15-8-5-10-17(12-15)28-2)24-21(27)23-16-9-4-7-14(11-16)13-22/h4-5,7-12H,3,6H2,1-2H3,(H,25,26)(H2,23,24,27). The summed E-state index contributed by atoms with van der Waals surface area (Å²) in [6, 6.07) is 15.9. The van der Waals surface area contributed by atoms with Crippen molar-refractivity contribution in [1.82, 2.24) is 10.2 Å². The molecule has 142 valence electrons. The first kappa shape index (κ1) is 19.0. The molecule has 0 fully saturated rings. The van der Waals surface area contributed by atoms with E-state index in [9.17, 15) is 4.79 Å². The second kappa shape index (κ2) is 8.73. The average Bonchev–Trinajstić information content (AvgIpc) is 3.10. The summed E-state index contributed by atoms with van der Waals surface area (Å²) in [6.07, 6.45) is 1.65. The largest absolute Gasteiger partial charge is 0.497 e. The summed E-state index contributed by atoms with van der Waals surface area (Å²) in [4.78, 5) is 12.6. The first-order chi connectivity index (χ1) is 13.6. The zero-order valence-electron chi connectivity index (χ0n) is 15.7. The lowest BCUT2D eigenvalue weighted by Crippen LogP contribution is -2.20. The summed E-state index contributed by atoms with van der Waals surface area (Å²) in [5, 5.41) is 22.1. The predicted molar refractivity (Wildman–Crippen MR) is 108 cm³/mol. The third-order valence-electron chi connectivity index (χ3n) is 4.17. The first-order valence-electron chi connectivity index (χ1n) is 8.94. The van der Waals surface area contributed by atoms with Crippen LogP contribution in [0.25, 0.3) is 11.3 Å². The van der Waals surface area contributed by atoms with Crippen LogP contribution in [-0.4, -0.2) is 23.3 Å². The summed E-state index contributed by atoms with van der Waals surface area (Å²) in [7, 11) is 1.61. The molecule has 0 aliphatic carbocycles. The molecule has 0 saturated carbocycles. The number of carbonyl (C=O) groups excluding carboxylic acids is 1. The lowest BCUT2D eigenvalue weighted by molar-refractivity contribution is 0.262. The van der Waals surface area contributed by atoms with Crippen LogP contribution in [0.1, 0.15) is 24.6 Å². The Morgan fingerprint density at radius 2 is 2.04 bits per heavy atom. The Kier molecular flexibility index (Phi) is 5.92. The average molecular weight is 375 g/mol. The number of rotatable bonds is 6. The van der Waals surface area contributed by atoms with Crippen molar-refractivity contribution in [3.63, 3.8) is 0 Å². The van der Waals surface area contributed by atoms with E-state index >= 15 is 0 Å². The minimum absolute atomic E-state index is 0.405. The number of H-pyrrole nitrogens is 1. The van der Waals surface area contributed by atoms with E-state index in [-0.39, 0.29) is 0 Å². The maximum atomic E-state index is 12.6. The highest BCUT2D eigenvalue weighted by atomic mass is 16.5. The molecule has 3 N–H and O–H groups in total. The number of benzene rings is 2. The molecule has 7 nitrogen and oxygen atoms in total. The molecule has 7 heteroatoms. The lowest BCUT2D eigenvalue weighted by Gasteiger charge is -2.10. The Balaban J connectivity index is 1.88. The number of nitrogens with one attached hydrogen (secondary N) is 3. The SMILES string of the molecule is CCCc1[nH]nc(-c2cccc(OC)c2)c1NC(=O)Nc1cccc(C#N)c1. The molecule has 0 aliphatic rings. The number of aromatic amines is 1. The van der Waals surface area contributed by atoms with Crippen molar-refractivity contribution < 1.29 is 9.53 Å². The number of hydrogen-bond donors (Lipinski definition) is 3. The Morgan fingerprint density at radius 3 is 2.79 bits per heavy atom. The van der Waals surface area contributed by atoms with Crippen LogP contribution in [0.15, 0.2) is 48.5 Å². The number of nitrogens with zero attached hydrogens (tertiary/aromatic N) is 2. The minimum Gasteiger partial charge on any atom is -0.497 e. The molecule has 2 amide bonds. The normalized spacial score (nSPS) is 10.2. The van der Waals surface area contributed by atoms with Gasteiger partial charge in [-0.25, -0.2) is 4.79 Å². The molecular formula is C21H21N5O2. The molecule has 28 heavy (non-hydrogen) atoms. The second-order valence-electron chi connectivity index (χ2n) is 6.18. The third-order valence-corrected chi connectivity index (χ3v) is 4.17. The zero-order valence-corrected chi connectivity index (χ0v) is 15.7. The number of carbonyl (C=O) groups is 1. The van der Waals surface area contributed by atoms with Crippen LogP contribution in [-0.2, 0) is 6.42 Å². The molecule has 0 bridgehead atoms. The lowest BCUT2D eigenvalue weighted by atomic mass is 10.1. The summed E-state index contributed by atoms with van der Waals surface area (Å²) in [6.45, 7) is 2.06. The number of amides is 2. The van der Waals surface area contributed by atoms with E-state index in [1.807, 2.05) is 24.3 Å². The van der Waals surface area contributed by atoms with Gasteiger partial charge >= 0.3 is 6.03 Å². The zero-order chi connectivity index (χ0) is 19.9. The Hall–Kier alpha value is -3.79. The number of aromatic nitrogens is 2. The molecule has 3 aromatic rings. The Labute approximate surface area is 163 Å². The van der Waals surface area contributed by atoms with E-state index in [2.05, 4.69) is 33.8 Å². The highest BCUT2D eigenvalue weighted by Gasteiger charge is 2.17. The van der Waals surface area contributed by atoms with Crippen molar-refractivity contribution in [2.75, 3.05) is 17.7 Å². The van der Waals surface area contributed by atoms with Crippen molar-refractivity contribution in [2.24, 2.45) is 0 Å². The summed E-state index contributed by atoms with van der Waals surface area (Å²) < 4.78 is 5.29. The predicted octanol–water partition coefficient (Wildman–Crippen LogP) is 4.55. The molecule has 0 spiro atoms. The monoisotopic (exact) mass is 375 g/mol. The van der Waals surface area contributed by atoms with Gasteiger partial charge in [-0.1, -0.05) is 31.5 Å². The molecule has 3 rings (SSSR count). The van der Waals surface area contributed by atoms with E-state index in [1.165, 1.54) is 0 Å². The Bertz CT molecular complexity index is 1020. The van der Waals surface area contributed by atoms with E-state index in [0.717, 1.165) is 24.1 Å². The molecule has 0 unspecified atom stereocenters. The van der Waals surface area contributed by atoms with E-state index in [0.29, 0.717) is 28.4 Å². The topological polar surface area (TPSA) is 103 Å². The van der Waals surface area contributed by atoms with Crippen molar-refractivity contribution in [2.45, 2.75) is 19.8 Å². The maximum absolute atomic E-state index is 12.6. The minimum atomic E-state index is -0.405. The van der Waals surface area contributed by atoms with Gasteiger partial charge in [0.1, 0.15) is 11.4 Å². The van der Waals surface area contributed by atoms with Crippen LogP contribution < -0.4 is 15.4 Å². The van der Waals surface area contributed by atoms with E-state index in [4.69, 9.17) is 10.00 Å². The van der Waals surface area contributed by atoms with Gasteiger partial charge in [0.25, 0.3) is 0 Å². The van der Waals surface area contributed by atoms with Gasteiger partial charge in [-0.05, 0) is 36.8 Å². The Morgan fingerprint density at radius 1 is 1.21 bits per heavy atom. The number of aryl methyl sites for hydroxylation is 1. The smallest absolute Gasteiger partial charge is 0.323 e. The summed E-state index contributed by atoms with van der Waals surface area (Å²) in [5.41, 5.74) is 3.97. The second-order valence-corrected chi connectivity index (χ2v) is 6.18. The van der Waals surface area contributed by atoms with Gasteiger partial charge in [0, 0.05) is 11.3 Å². The van der Waals surface area contributed by atoms with Gasteiger partial charge in [-0.2, -0.15) is 10.4 Å². The van der Waals surface area contributed by atoms with Gasteiger partial charge in [-0.3, -0.25) is 5.10 Å². The van der Waals surface area contributed by atoms with Gasteiger partial charge in [0.05, 0.1) is 30.1 Å². The number of ether oxygens (including phenoxy) is 1. The fourth-order valence-electron chi connectivity index (χ4n) is 2.87. The number of urea groups is 1. The maximum Gasteiger partial charge on any atom is 0.323 e. The molecule has 0 aliphatic heterocycles. The highest BCUT2D eigenvalue weighted by molar-refractivity contribution is 6.02. The van der Waals surface area contributed by atoms with Gasteiger partial charge < -0.3 is 15.4 Å². The van der Waals surface area contributed by atoms with E-state index in [1.54, 1.807) is 31.4 Å². The van der Waals surface area contributed by atoms with Crippen LogP contribution in [0.3, 0.4) is 0 Å². The first-order valence-corrected chi connectivity index (χ1v) is 8.94. The van der Waals surface area contributed by atoms with Crippen molar-refractivity contribution in [1.29, 1.82) is 5.26 Å². The highest BCUT2D eigenvalue weighted by Crippen LogP contribution is 2.31. The van der Waals surface area contributed by atoms with Crippen LogP contribution in [0.2, 0.25) is 0 Å².